The molecule has 0 amide bonds. The molecular weight excluding hydrogens is 248 g/mol. The highest BCUT2D eigenvalue weighted by Crippen LogP contribution is 2.18. The van der Waals surface area contributed by atoms with Crippen molar-refractivity contribution in [2.75, 3.05) is 6.67 Å². The fourth-order valence-corrected chi connectivity index (χ4v) is 1.75. The van der Waals surface area contributed by atoms with Crippen molar-refractivity contribution in [1.29, 1.82) is 0 Å². The van der Waals surface area contributed by atoms with Crippen molar-refractivity contribution in [2.24, 2.45) is 15.8 Å². The van der Waals surface area contributed by atoms with E-state index in [9.17, 15) is 0 Å². The van der Waals surface area contributed by atoms with E-state index in [0.717, 1.165) is 10.6 Å². The minimum absolute atomic E-state index is 0.195. The zero-order valence-electron chi connectivity index (χ0n) is 10.1. The topological polar surface area (TPSA) is 54.0 Å². The van der Waals surface area contributed by atoms with Crippen LogP contribution in [0.15, 0.2) is 46.6 Å². The van der Waals surface area contributed by atoms with Gasteiger partial charge in [0.25, 0.3) is 0 Å². The van der Waals surface area contributed by atoms with Crippen molar-refractivity contribution in [3.05, 3.63) is 47.1 Å². The molecule has 4 nitrogen and oxygen atoms in total. The molecule has 1 heterocycles. The van der Waals surface area contributed by atoms with Crippen LogP contribution in [0.4, 0.5) is 0 Å². The highest BCUT2D eigenvalue weighted by Gasteiger charge is 2.05. The molecule has 0 saturated heterocycles. The SMILES string of the molecule is CC(/C=N\N1C=CC(N)=NC1)c1cccc(Cl)c1. The van der Waals surface area contributed by atoms with Crippen LogP contribution in [0.1, 0.15) is 18.4 Å². The standard InChI is InChI=1S/C13H15ClN4/c1-10(11-3-2-4-12(14)7-11)8-17-18-6-5-13(15)16-9-18/h2-8,10H,9H2,1H3,(H2,15,16)/b17-8-. The Labute approximate surface area is 111 Å². The molecule has 1 aromatic rings. The monoisotopic (exact) mass is 262 g/mol. The Kier molecular flexibility index (Phi) is 3.99. The summed E-state index contributed by atoms with van der Waals surface area (Å²) < 4.78 is 0. The number of nitrogens with two attached hydrogens (primary N) is 1. The molecule has 1 aromatic carbocycles. The van der Waals surface area contributed by atoms with E-state index >= 15 is 0 Å². The van der Waals surface area contributed by atoms with Crippen LogP contribution >= 0.6 is 11.6 Å². The summed E-state index contributed by atoms with van der Waals surface area (Å²) in [7, 11) is 0. The van der Waals surface area contributed by atoms with Gasteiger partial charge in [0.1, 0.15) is 12.5 Å². The molecule has 5 heteroatoms. The van der Waals surface area contributed by atoms with E-state index in [1.54, 1.807) is 11.1 Å². The third kappa shape index (κ3) is 3.34. The van der Waals surface area contributed by atoms with Crippen LogP contribution in [0.3, 0.4) is 0 Å². The first kappa shape index (κ1) is 12.6. The fourth-order valence-electron chi connectivity index (χ4n) is 1.55. The molecular formula is C13H15ClN4. The Morgan fingerprint density at radius 2 is 2.39 bits per heavy atom. The first-order chi connectivity index (χ1) is 8.65. The lowest BCUT2D eigenvalue weighted by molar-refractivity contribution is 0.409. The van der Waals surface area contributed by atoms with Crippen LogP contribution in [0.2, 0.25) is 5.02 Å². The zero-order chi connectivity index (χ0) is 13.0. The molecule has 0 saturated carbocycles. The molecule has 1 unspecified atom stereocenters. The molecule has 0 radical (unpaired) electrons. The van der Waals surface area contributed by atoms with Crippen molar-refractivity contribution >= 4 is 23.7 Å². The Morgan fingerprint density at radius 3 is 3.06 bits per heavy atom. The quantitative estimate of drug-likeness (QED) is 0.852. The van der Waals surface area contributed by atoms with Gasteiger partial charge < -0.3 is 5.73 Å². The predicted octanol–water partition coefficient (Wildman–Crippen LogP) is 2.57. The van der Waals surface area contributed by atoms with Gasteiger partial charge in [0, 0.05) is 23.4 Å². The first-order valence-corrected chi connectivity index (χ1v) is 6.07. The lowest BCUT2D eigenvalue weighted by Gasteiger charge is -2.16. The lowest BCUT2D eigenvalue weighted by Crippen LogP contribution is -2.21. The van der Waals surface area contributed by atoms with Gasteiger partial charge in [-0.1, -0.05) is 30.7 Å². The second kappa shape index (κ2) is 5.69. The molecule has 1 aliphatic rings. The summed E-state index contributed by atoms with van der Waals surface area (Å²) in [5.74, 6) is 0.727. The van der Waals surface area contributed by atoms with Crippen molar-refractivity contribution in [1.82, 2.24) is 5.01 Å². The number of hydrazone groups is 1. The number of rotatable bonds is 3. The van der Waals surface area contributed by atoms with Gasteiger partial charge in [0.15, 0.2) is 0 Å². The molecule has 0 aliphatic carbocycles. The second-order valence-electron chi connectivity index (χ2n) is 4.09. The number of amidine groups is 1. The number of aliphatic imine (C=N–C) groups is 1. The summed E-state index contributed by atoms with van der Waals surface area (Å²) in [6.07, 6.45) is 5.40. The summed E-state index contributed by atoms with van der Waals surface area (Å²) in [4.78, 5) is 4.07. The molecule has 0 spiro atoms. The maximum absolute atomic E-state index is 5.96. The van der Waals surface area contributed by atoms with Gasteiger partial charge in [-0.3, -0.25) is 5.01 Å². The number of nitrogens with zero attached hydrogens (tertiary/aromatic N) is 3. The number of halogens is 1. The third-order valence-electron chi connectivity index (χ3n) is 2.63. The maximum atomic E-state index is 5.96. The summed E-state index contributed by atoms with van der Waals surface area (Å²) in [5.41, 5.74) is 6.67. The normalized spacial score (nSPS) is 17.0. The lowest BCUT2D eigenvalue weighted by atomic mass is 10.0. The van der Waals surface area contributed by atoms with Gasteiger partial charge in [0.2, 0.25) is 0 Å². The van der Waals surface area contributed by atoms with Crippen LogP contribution < -0.4 is 5.73 Å². The van der Waals surface area contributed by atoms with Gasteiger partial charge in [-0.05, 0) is 23.8 Å². The Morgan fingerprint density at radius 1 is 1.56 bits per heavy atom. The van der Waals surface area contributed by atoms with E-state index in [4.69, 9.17) is 17.3 Å². The highest BCUT2D eigenvalue weighted by molar-refractivity contribution is 6.30. The van der Waals surface area contributed by atoms with Crippen LogP contribution in [-0.2, 0) is 0 Å². The van der Waals surface area contributed by atoms with Crippen molar-refractivity contribution < 1.29 is 0 Å². The van der Waals surface area contributed by atoms with Crippen molar-refractivity contribution in [3.8, 4) is 0 Å². The van der Waals surface area contributed by atoms with Crippen LogP contribution in [-0.4, -0.2) is 23.7 Å². The van der Waals surface area contributed by atoms with Crippen molar-refractivity contribution in [2.45, 2.75) is 12.8 Å². The van der Waals surface area contributed by atoms with Gasteiger partial charge in [-0.2, -0.15) is 5.10 Å². The highest BCUT2D eigenvalue weighted by atomic mass is 35.5. The van der Waals surface area contributed by atoms with E-state index < -0.39 is 0 Å². The van der Waals surface area contributed by atoms with E-state index in [-0.39, 0.29) is 5.92 Å². The third-order valence-corrected chi connectivity index (χ3v) is 2.86. The van der Waals surface area contributed by atoms with Gasteiger partial charge in [-0.25, -0.2) is 4.99 Å². The minimum atomic E-state index is 0.195. The maximum Gasteiger partial charge on any atom is 0.133 e. The minimum Gasteiger partial charge on any atom is -0.384 e. The summed E-state index contributed by atoms with van der Waals surface area (Å²) in [6.45, 7) is 2.53. The van der Waals surface area contributed by atoms with E-state index in [1.165, 1.54) is 0 Å². The smallest absolute Gasteiger partial charge is 0.133 e. The van der Waals surface area contributed by atoms with E-state index in [2.05, 4.69) is 17.0 Å². The molecule has 1 atom stereocenters. The molecule has 94 valence electrons. The number of benzene rings is 1. The number of hydrogen-bond donors (Lipinski definition) is 1. The Balaban J connectivity index is 1.99. The average molecular weight is 263 g/mol. The molecule has 2 rings (SSSR count). The molecule has 1 aliphatic heterocycles. The van der Waals surface area contributed by atoms with E-state index in [0.29, 0.717) is 12.5 Å². The Hall–Kier alpha value is -1.81. The number of hydrogen-bond acceptors (Lipinski definition) is 4. The van der Waals surface area contributed by atoms with Gasteiger partial charge >= 0.3 is 0 Å². The van der Waals surface area contributed by atoms with Crippen LogP contribution in [0.5, 0.6) is 0 Å². The summed E-state index contributed by atoms with van der Waals surface area (Å²) in [6, 6.07) is 7.78. The summed E-state index contributed by atoms with van der Waals surface area (Å²) >= 11 is 5.96. The molecule has 0 bridgehead atoms. The predicted molar refractivity (Wildman–Crippen MR) is 75.8 cm³/mol. The van der Waals surface area contributed by atoms with Gasteiger partial charge in [0.05, 0.1) is 0 Å². The first-order valence-electron chi connectivity index (χ1n) is 5.69. The van der Waals surface area contributed by atoms with Crippen LogP contribution in [0, 0.1) is 0 Å². The molecule has 0 aromatic heterocycles. The Bertz CT molecular complexity index is 507. The fraction of sp³-hybridized carbons (Fsp3) is 0.231. The largest absolute Gasteiger partial charge is 0.384 e. The van der Waals surface area contributed by atoms with E-state index in [1.807, 2.05) is 36.7 Å². The van der Waals surface area contributed by atoms with Gasteiger partial charge in [-0.15, -0.1) is 0 Å². The average Bonchev–Trinajstić information content (AvgIpc) is 2.38. The zero-order valence-corrected chi connectivity index (χ0v) is 10.9. The van der Waals surface area contributed by atoms with Crippen LogP contribution in [0.25, 0.3) is 0 Å². The molecule has 0 fully saturated rings. The van der Waals surface area contributed by atoms with Crippen molar-refractivity contribution in [3.63, 3.8) is 0 Å². The molecule has 18 heavy (non-hydrogen) atoms. The molecule has 2 N–H and O–H groups in total. The summed E-state index contributed by atoms with van der Waals surface area (Å²) in [5, 5.41) is 6.81. The second-order valence-corrected chi connectivity index (χ2v) is 4.52.